The summed E-state index contributed by atoms with van der Waals surface area (Å²) in [7, 11) is -3.75. The third-order valence-corrected chi connectivity index (χ3v) is 6.92. The second-order valence-corrected chi connectivity index (χ2v) is 8.91. The molecule has 2 aliphatic heterocycles. The van der Waals surface area contributed by atoms with Gasteiger partial charge in [-0.3, -0.25) is 4.79 Å². The van der Waals surface area contributed by atoms with Crippen LogP contribution < -0.4 is 14.8 Å². The molecule has 0 radical (unpaired) electrons. The predicted octanol–water partition coefficient (Wildman–Crippen LogP) is 2.66. The number of halogens is 1. The number of nitrogens with zero attached hydrogens (tertiary/aromatic N) is 1. The van der Waals surface area contributed by atoms with E-state index in [4.69, 9.17) is 9.47 Å². The van der Waals surface area contributed by atoms with Crippen molar-refractivity contribution in [2.24, 2.45) is 0 Å². The van der Waals surface area contributed by atoms with Crippen LogP contribution in [0.5, 0.6) is 11.5 Å². The zero-order valence-electron chi connectivity index (χ0n) is 15.7. The van der Waals surface area contributed by atoms with Gasteiger partial charge < -0.3 is 14.8 Å². The fourth-order valence-corrected chi connectivity index (χ4v) is 4.97. The Morgan fingerprint density at radius 3 is 2.59 bits per heavy atom. The number of sulfonamides is 1. The third kappa shape index (κ3) is 4.06. The summed E-state index contributed by atoms with van der Waals surface area (Å²) in [6.45, 7) is 1.16. The van der Waals surface area contributed by atoms with Gasteiger partial charge in [0.05, 0.1) is 10.5 Å². The van der Waals surface area contributed by atoms with E-state index < -0.39 is 21.7 Å². The van der Waals surface area contributed by atoms with Gasteiger partial charge in [-0.05, 0) is 48.7 Å². The fourth-order valence-electron chi connectivity index (χ4n) is 3.42. The van der Waals surface area contributed by atoms with Gasteiger partial charge in [0.2, 0.25) is 16.8 Å². The molecule has 0 spiro atoms. The standard InChI is InChI=1S/C20H21FN2O5S/c21-17-6-5-15(29(25,26)23-8-2-1-3-9-23)11-16(17)20(24)22-12-14-4-7-18-19(10-14)28-13-27-18/h4-7,10-11H,1-3,8-9,12-13H2,(H,22,24). The van der Waals surface area contributed by atoms with Crippen molar-refractivity contribution in [1.29, 1.82) is 0 Å². The van der Waals surface area contributed by atoms with Crippen LogP contribution >= 0.6 is 0 Å². The second-order valence-electron chi connectivity index (χ2n) is 6.98. The number of rotatable bonds is 5. The minimum Gasteiger partial charge on any atom is -0.454 e. The summed E-state index contributed by atoms with van der Waals surface area (Å²) in [6.07, 6.45) is 2.58. The summed E-state index contributed by atoms with van der Waals surface area (Å²) in [4.78, 5) is 12.4. The number of benzene rings is 2. The summed E-state index contributed by atoms with van der Waals surface area (Å²) in [5.41, 5.74) is 0.448. The first-order chi connectivity index (χ1) is 13.9. The Balaban J connectivity index is 1.50. The lowest BCUT2D eigenvalue weighted by Gasteiger charge is -2.26. The van der Waals surface area contributed by atoms with Crippen molar-refractivity contribution < 1.29 is 27.1 Å². The van der Waals surface area contributed by atoms with Gasteiger partial charge in [0.1, 0.15) is 5.82 Å². The first-order valence-electron chi connectivity index (χ1n) is 9.41. The molecule has 9 heteroatoms. The van der Waals surface area contributed by atoms with Gasteiger partial charge in [-0.1, -0.05) is 12.5 Å². The molecule has 0 unspecified atom stereocenters. The lowest BCUT2D eigenvalue weighted by molar-refractivity contribution is 0.0946. The van der Waals surface area contributed by atoms with Crippen molar-refractivity contribution in [3.63, 3.8) is 0 Å². The van der Waals surface area contributed by atoms with E-state index in [0.29, 0.717) is 24.6 Å². The summed E-state index contributed by atoms with van der Waals surface area (Å²) in [5, 5.41) is 2.62. The summed E-state index contributed by atoms with van der Waals surface area (Å²) < 4.78 is 51.8. The molecule has 4 rings (SSSR count). The van der Waals surface area contributed by atoms with Crippen molar-refractivity contribution in [3.05, 3.63) is 53.3 Å². The lowest BCUT2D eigenvalue weighted by Crippen LogP contribution is -2.35. The van der Waals surface area contributed by atoms with E-state index >= 15 is 0 Å². The maximum Gasteiger partial charge on any atom is 0.254 e. The number of hydrogen-bond donors (Lipinski definition) is 1. The van der Waals surface area contributed by atoms with Crippen molar-refractivity contribution in [1.82, 2.24) is 9.62 Å². The van der Waals surface area contributed by atoms with Crippen LogP contribution in [0.3, 0.4) is 0 Å². The summed E-state index contributed by atoms with van der Waals surface area (Å²) >= 11 is 0. The maximum atomic E-state index is 14.3. The molecule has 2 aromatic carbocycles. The average Bonchev–Trinajstić information content (AvgIpc) is 3.20. The number of hydrogen-bond acceptors (Lipinski definition) is 5. The highest BCUT2D eigenvalue weighted by Gasteiger charge is 2.27. The van der Waals surface area contributed by atoms with Crippen LogP contribution in [0.25, 0.3) is 0 Å². The van der Waals surface area contributed by atoms with Crippen molar-refractivity contribution in [2.45, 2.75) is 30.7 Å². The highest BCUT2D eigenvalue weighted by Crippen LogP contribution is 2.32. The monoisotopic (exact) mass is 420 g/mol. The number of amides is 1. The highest BCUT2D eigenvalue weighted by molar-refractivity contribution is 7.89. The van der Waals surface area contributed by atoms with Crippen LogP contribution in [0.15, 0.2) is 41.3 Å². The van der Waals surface area contributed by atoms with Crippen LogP contribution in [0.4, 0.5) is 4.39 Å². The Morgan fingerprint density at radius 2 is 1.79 bits per heavy atom. The van der Waals surface area contributed by atoms with E-state index in [1.54, 1.807) is 18.2 Å². The van der Waals surface area contributed by atoms with Crippen LogP contribution in [0.1, 0.15) is 35.2 Å². The largest absolute Gasteiger partial charge is 0.454 e. The topological polar surface area (TPSA) is 84.9 Å². The molecule has 1 fully saturated rings. The van der Waals surface area contributed by atoms with Crippen molar-refractivity contribution in [2.75, 3.05) is 19.9 Å². The molecule has 2 aromatic rings. The van der Waals surface area contributed by atoms with Crippen LogP contribution in [0.2, 0.25) is 0 Å². The molecule has 1 amide bonds. The Kier molecular flexibility index (Phi) is 5.42. The van der Waals surface area contributed by atoms with E-state index in [9.17, 15) is 17.6 Å². The maximum absolute atomic E-state index is 14.3. The molecule has 0 bridgehead atoms. The van der Waals surface area contributed by atoms with Gasteiger partial charge in [-0.15, -0.1) is 0 Å². The number of fused-ring (bicyclic) bond motifs is 1. The Labute approximate surface area is 168 Å². The lowest BCUT2D eigenvalue weighted by atomic mass is 10.1. The zero-order chi connectivity index (χ0) is 20.4. The average molecular weight is 420 g/mol. The Hall–Kier alpha value is -2.65. The predicted molar refractivity (Wildman–Crippen MR) is 103 cm³/mol. The molecule has 29 heavy (non-hydrogen) atoms. The van der Waals surface area contributed by atoms with Gasteiger partial charge in [0, 0.05) is 19.6 Å². The normalized spacial score (nSPS) is 16.6. The second kappa shape index (κ2) is 8.00. The first-order valence-corrected chi connectivity index (χ1v) is 10.9. The smallest absolute Gasteiger partial charge is 0.254 e. The van der Waals surface area contributed by atoms with Gasteiger partial charge in [0.15, 0.2) is 11.5 Å². The van der Waals surface area contributed by atoms with Gasteiger partial charge >= 0.3 is 0 Å². The number of carbonyl (C=O) groups is 1. The molecule has 7 nitrogen and oxygen atoms in total. The molecule has 2 heterocycles. The fraction of sp³-hybridized carbons (Fsp3) is 0.350. The molecule has 1 saturated heterocycles. The van der Waals surface area contributed by atoms with Crippen LogP contribution in [0, 0.1) is 5.82 Å². The van der Waals surface area contributed by atoms with E-state index in [2.05, 4.69) is 5.32 Å². The quantitative estimate of drug-likeness (QED) is 0.804. The van der Waals surface area contributed by atoms with Gasteiger partial charge in [-0.25, -0.2) is 12.8 Å². The molecule has 154 valence electrons. The van der Waals surface area contributed by atoms with Crippen LogP contribution in [-0.4, -0.2) is 38.5 Å². The molecule has 0 aliphatic carbocycles. The Morgan fingerprint density at radius 1 is 1.03 bits per heavy atom. The van der Waals surface area contributed by atoms with Crippen LogP contribution in [-0.2, 0) is 16.6 Å². The minimum atomic E-state index is -3.75. The van der Waals surface area contributed by atoms with Crippen molar-refractivity contribution >= 4 is 15.9 Å². The summed E-state index contributed by atoms with van der Waals surface area (Å²) in [5.74, 6) is -0.249. The first kappa shape index (κ1) is 19.7. The highest BCUT2D eigenvalue weighted by atomic mass is 32.2. The molecule has 0 aromatic heterocycles. The van der Waals surface area contributed by atoms with E-state index in [0.717, 1.165) is 37.0 Å². The number of nitrogens with one attached hydrogen (secondary N) is 1. The number of piperidine rings is 1. The molecule has 0 saturated carbocycles. The molecule has 1 N–H and O–H groups in total. The SMILES string of the molecule is O=C(NCc1ccc2c(c1)OCO2)c1cc(S(=O)(=O)N2CCCCC2)ccc1F. The number of ether oxygens (including phenoxy) is 2. The molecular formula is C20H21FN2O5S. The minimum absolute atomic E-state index is 0.0750. The zero-order valence-corrected chi connectivity index (χ0v) is 16.5. The molecular weight excluding hydrogens is 399 g/mol. The molecule has 0 atom stereocenters. The van der Waals surface area contributed by atoms with Gasteiger partial charge in [0.25, 0.3) is 5.91 Å². The Bertz CT molecular complexity index is 1040. The third-order valence-electron chi connectivity index (χ3n) is 5.03. The van der Waals surface area contributed by atoms with Crippen molar-refractivity contribution in [3.8, 4) is 11.5 Å². The van der Waals surface area contributed by atoms with E-state index in [1.165, 1.54) is 10.4 Å². The van der Waals surface area contributed by atoms with E-state index in [1.807, 2.05) is 0 Å². The van der Waals surface area contributed by atoms with Gasteiger partial charge in [-0.2, -0.15) is 4.31 Å². The number of carbonyl (C=O) groups excluding carboxylic acids is 1. The molecule has 2 aliphatic rings. The summed E-state index contributed by atoms with van der Waals surface area (Å²) in [6, 6.07) is 8.56. The van der Waals surface area contributed by atoms with E-state index in [-0.39, 0.29) is 23.8 Å².